The number of nitrogens with zero attached hydrogens (tertiary/aromatic N) is 4. The molecule has 2 amide bonds. The van der Waals surface area contributed by atoms with Crippen LogP contribution in [0.25, 0.3) is 11.2 Å². The molecule has 15 heteroatoms. The number of hydrogen-bond acceptors (Lipinski definition) is 10. The Morgan fingerprint density at radius 2 is 1.97 bits per heavy atom. The van der Waals surface area contributed by atoms with Gasteiger partial charge in [0.15, 0.2) is 29.5 Å². The Hall–Kier alpha value is -2.97. The van der Waals surface area contributed by atoms with E-state index in [4.69, 9.17) is 24.5 Å². The molecule has 0 radical (unpaired) electrons. The average molecular weight is 533 g/mol. The van der Waals surface area contributed by atoms with E-state index in [-0.39, 0.29) is 25.1 Å². The second-order valence-electron chi connectivity index (χ2n) is 8.49. The summed E-state index contributed by atoms with van der Waals surface area (Å²) < 4.78 is 37.9. The molecule has 0 saturated carbocycles. The molecule has 0 bridgehead atoms. The zero-order chi connectivity index (χ0) is 26.0. The summed E-state index contributed by atoms with van der Waals surface area (Å²) in [5.74, 6) is 0.234. The first-order valence-electron chi connectivity index (χ1n) is 11.8. The van der Waals surface area contributed by atoms with Crippen LogP contribution < -0.4 is 16.4 Å². The van der Waals surface area contributed by atoms with E-state index in [1.165, 1.54) is 12.7 Å². The Morgan fingerprint density at radius 3 is 2.73 bits per heavy atom. The number of benzene rings is 1. The number of nitrogens with one attached hydrogen (secondary N) is 2. The zero-order valence-corrected chi connectivity index (χ0v) is 20.9. The number of anilines is 1. The van der Waals surface area contributed by atoms with Crippen LogP contribution in [0, 0.1) is 0 Å². The van der Waals surface area contributed by atoms with Gasteiger partial charge in [0.1, 0.15) is 24.6 Å². The molecule has 3 unspecified atom stereocenters. The van der Waals surface area contributed by atoms with Crippen LogP contribution >= 0.6 is 7.60 Å². The maximum atomic E-state index is 12.3. The van der Waals surface area contributed by atoms with E-state index in [0.29, 0.717) is 17.7 Å². The molecule has 37 heavy (non-hydrogen) atoms. The number of carbonyl (C=O) groups is 1. The smallest absolute Gasteiger partial charge is 0.329 e. The number of ether oxygens (including phenoxy) is 3. The SMILES string of the molecule is CCNC(=O)Nc1ncnc2c1ncn2[C@@H]1O[C@H](COP(=O)(O)CCN)C2O[C@H](c3ccccc3)OC21. The third-order valence-electron chi connectivity index (χ3n) is 5.97. The van der Waals surface area contributed by atoms with Crippen molar-refractivity contribution in [2.75, 3.05) is 31.2 Å². The largest absolute Gasteiger partial charge is 0.347 e. The highest BCUT2D eigenvalue weighted by molar-refractivity contribution is 7.52. The molecule has 2 aromatic heterocycles. The summed E-state index contributed by atoms with van der Waals surface area (Å²) in [4.78, 5) is 34.9. The summed E-state index contributed by atoms with van der Waals surface area (Å²) in [5, 5.41) is 5.30. The lowest BCUT2D eigenvalue weighted by molar-refractivity contribution is -0.152. The van der Waals surface area contributed by atoms with Gasteiger partial charge in [-0.15, -0.1) is 0 Å². The summed E-state index contributed by atoms with van der Waals surface area (Å²) in [6.07, 6.45) is -0.730. The van der Waals surface area contributed by atoms with Crippen molar-refractivity contribution >= 4 is 30.6 Å². The van der Waals surface area contributed by atoms with Crippen LogP contribution in [0.15, 0.2) is 43.0 Å². The minimum Gasteiger partial charge on any atom is -0.347 e. The number of imidazole rings is 1. The van der Waals surface area contributed by atoms with Crippen molar-refractivity contribution in [2.24, 2.45) is 5.73 Å². The van der Waals surface area contributed by atoms with E-state index in [0.717, 1.165) is 5.56 Å². The van der Waals surface area contributed by atoms with Crippen LogP contribution in [0.2, 0.25) is 0 Å². The lowest BCUT2D eigenvalue weighted by atomic mass is 10.1. The first kappa shape index (κ1) is 25.7. The minimum absolute atomic E-state index is 0.0110. The van der Waals surface area contributed by atoms with Crippen molar-refractivity contribution in [1.29, 1.82) is 0 Å². The van der Waals surface area contributed by atoms with Gasteiger partial charge >= 0.3 is 13.6 Å². The molecule has 5 rings (SSSR count). The number of aromatic nitrogens is 4. The average Bonchev–Trinajstić information content (AvgIpc) is 3.58. The van der Waals surface area contributed by atoms with Gasteiger partial charge in [-0.1, -0.05) is 30.3 Å². The Kier molecular flexibility index (Phi) is 7.49. The monoisotopic (exact) mass is 533 g/mol. The van der Waals surface area contributed by atoms with E-state index in [9.17, 15) is 14.3 Å². The molecular weight excluding hydrogens is 505 g/mol. The molecule has 4 heterocycles. The summed E-state index contributed by atoms with van der Waals surface area (Å²) in [6, 6.07) is 8.99. The number of rotatable bonds is 9. The molecule has 6 atom stereocenters. The molecule has 5 N–H and O–H groups in total. The second kappa shape index (κ2) is 10.8. The fraction of sp³-hybridized carbons (Fsp3) is 0.455. The van der Waals surface area contributed by atoms with Crippen LogP contribution in [-0.2, 0) is 23.3 Å². The number of hydrogen-bond donors (Lipinski definition) is 4. The fourth-order valence-corrected chi connectivity index (χ4v) is 5.16. The molecular formula is C22H28N7O7P. The summed E-state index contributed by atoms with van der Waals surface area (Å²) in [6.45, 7) is 2.05. The first-order valence-corrected chi connectivity index (χ1v) is 13.6. The molecule has 1 aromatic carbocycles. The van der Waals surface area contributed by atoms with Crippen LogP contribution in [0.1, 0.15) is 25.0 Å². The van der Waals surface area contributed by atoms with Crippen LogP contribution in [0.3, 0.4) is 0 Å². The lowest BCUT2D eigenvalue weighted by Gasteiger charge is -2.22. The van der Waals surface area contributed by atoms with Crippen molar-refractivity contribution in [3.8, 4) is 0 Å². The van der Waals surface area contributed by atoms with E-state index in [1.807, 2.05) is 30.3 Å². The van der Waals surface area contributed by atoms with Crippen molar-refractivity contribution in [1.82, 2.24) is 24.8 Å². The molecule has 2 aliphatic heterocycles. The van der Waals surface area contributed by atoms with Gasteiger partial charge in [0, 0.05) is 18.7 Å². The highest BCUT2D eigenvalue weighted by atomic mass is 31.2. The van der Waals surface area contributed by atoms with Gasteiger partial charge < -0.3 is 34.7 Å². The fourth-order valence-electron chi connectivity index (χ4n) is 4.32. The maximum Gasteiger partial charge on any atom is 0.329 e. The Morgan fingerprint density at radius 1 is 1.19 bits per heavy atom. The van der Waals surface area contributed by atoms with E-state index < -0.39 is 44.5 Å². The molecule has 3 aromatic rings. The van der Waals surface area contributed by atoms with Gasteiger partial charge in [-0.2, -0.15) is 0 Å². The predicted octanol–water partition coefficient (Wildman–Crippen LogP) is 1.51. The molecule has 2 fully saturated rings. The van der Waals surface area contributed by atoms with Gasteiger partial charge in [0.2, 0.25) is 0 Å². The van der Waals surface area contributed by atoms with Gasteiger partial charge in [-0.25, -0.2) is 19.7 Å². The highest BCUT2D eigenvalue weighted by Gasteiger charge is 2.54. The van der Waals surface area contributed by atoms with E-state index in [1.54, 1.807) is 11.5 Å². The number of urea groups is 1. The Labute approximate surface area is 212 Å². The second-order valence-corrected chi connectivity index (χ2v) is 10.5. The summed E-state index contributed by atoms with van der Waals surface area (Å²) >= 11 is 0. The van der Waals surface area contributed by atoms with Gasteiger partial charge in [0.25, 0.3) is 0 Å². The predicted molar refractivity (Wildman–Crippen MR) is 131 cm³/mol. The number of fused-ring (bicyclic) bond motifs is 2. The number of nitrogens with two attached hydrogens (primary N) is 1. The van der Waals surface area contributed by atoms with Gasteiger partial charge in [-0.3, -0.25) is 14.4 Å². The molecule has 14 nitrogen and oxygen atoms in total. The van der Waals surface area contributed by atoms with Crippen molar-refractivity contribution in [2.45, 2.75) is 37.8 Å². The number of carbonyl (C=O) groups excluding carboxylic acids is 1. The highest BCUT2D eigenvalue weighted by Crippen LogP contribution is 2.47. The topological polar surface area (TPSA) is 185 Å². The Balaban J connectivity index is 1.43. The molecule has 0 aliphatic carbocycles. The molecule has 198 valence electrons. The molecule has 2 saturated heterocycles. The third kappa shape index (κ3) is 5.36. The van der Waals surface area contributed by atoms with Crippen LogP contribution in [0.4, 0.5) is 10.6 Å². The normalized spacial score (nSPS) is 26.6. The van der Waals surface area contributed by atoms with Crippen LogP contribution in [0.5, 0.6) is 0 Å². The minimum atomic E-state index is -3.89. The van der Waals surface area contributed by atoms with E-state index >= 15 is 0 Å². The van der Waals surface area contributed by atoms with E-state index in [2.05, 4.69) is 25.6 Å². The van der Waals surface area contributed by atoms with Crippen molar-refractivity contribution < 1.29 is 33.0 Å². The third-order valence-corrected chi connectivity index (χ3v) is 7.35. The van der Waals surface area contributed by atoms with Crippen LogP contribution in [-0.4, -0.2) is 74.6 Å². The Bertz CT molecular complexity index is 1290. The molecule has 2 aliphatic rings. The van der Waals surface area contributed by atoms with Crippen molar-refractivity contribution in [3.05, 3.63) is 48.5 Å². The summed E-state index contributed by atoms with van der Waals surface area (Å²) in [5.41, 5.74) is 7.00. The molecule has 0 spiro atoms. The first-order chi connectivity index (χ1) is 17.9. The lowest BCUT2D eigenvalue weighted by Crippen LogP contribution is -2.31. The van der Waals surface area contributed by atoms with Crippen molar-refractivity contribution in [3.63, 3.8) is 0 Å². The summed E-state index contributed by atoms with van der Waals surface area (Å²) in [7, 11) is -3.89. The zero-order valence-electron chi connectivity index (χ0n) is 20.0. The van der Waals surface area contributed by atoms with Gasteiger partial charge in [-0.05, 0) is 6.92 Å². The van der Waals surface area contributed by atoms with Gasteiger partial charge in [0.05, 0.1) is 19.1 Å². The number of amides is 2. The standard InChI is InChI=1S/C22H28N7O7P/c1-2-24-22(30)28-18-15-19(26-11-25-18)29(12-27-15)20-17-16(14(34-20)10-33-37(31,32)9-8-23)35-21(36-17)13-6-4-3-5-7-13/h3-7,11-12,14,16-17,20-21H,2,8-10,23H2,1H3,(H,31,32)(H2,24,25,26,28,30)/t14-,16?,17?,20-,21+/m1/s1. The maximum absolute atomic E-state index is 12.3. The quantitative estimate of drug-likeness (QED) is 0.292.